The molecule has 0 aliphatic heterocycles. The highest BCUT2D eigenvalue weighted by Crippen LogP contribution is 2.50. The molecule has 0 aliphatic rings. The van der Waals surface area contributed by atoms with Gasteiger partial charge in [-0.1, -0.05) is 146 Å². The Morgan fingerprint density at radius 3 is 1.00 bits per heavy atom. The maximum absolute atomic E-state index is 5.96. The summed E-state index contributed by atoms with van der Waals surface area (Å²) in [4.78, 5) is 16.7. The SMILES string of the molecule is c1ccc(N(c2ccccc2)c2cccc3c4cc5ccccc5c5c6nc7c(nc6n(c23)c45)c2c3ccccc3cc3c4cccc(N(c5ccccc5)c5ccccc5)c4n7c32)cc1. The fourth-order valence-corrected chi connectivity index (χ4v) is 11.2. The van der Waals surface area contributed by atoms with Crippen molar-refractivity contribution in [2.75, 3.05) is 9.80 Å². The number of hydrogen-bond acceptors (Lipinski definition) is 4. The zero-order valence-electron chi connectivity index (χ0n) is 35.5. The van der Waals surface area contributed by atoms with Gasteiger partial charge in [-0.05, 0) is 94.3 Å². The van der Waals surface area contributed by atoms with Crippen molar-refractivity contribution in [2.24, 2.45) is 0 Å². The van der Waals surface area contributed by atoms with E-state index in [-0.39, 0.29) is 0 Å². The molecule has 0 spiro atoms. The molecular weight excluding hydrogens is 805 g/mol. The molecule has 0 unspecified atom stereocenters. The lowest BCUT2D eigenvalue weighted by Crippen LogP contribution is -2.10. The van der Waals surface area contributed by atoms with Crippen molar-refractivity contribution in [3.05, 3.63) is 218 Å². The topological polar surface area (TPSA) is 41.1 Å². The summed E-state index contributed by atoms with van der Waals surface area (Å²) >= 11 is 0. The van der Waals surface area contributed by atoms with Gasteiger partial charge in [0.2, 0.25) is 0 Å². The maximum atomic E-state index is 5.96. The summed E-state index contributed by atoms with van der Waals surface area (Å²) < 4.78 is 4.85. The third-order valence-corrected chi connectivity index (χ3v) is 13.8. The minimum absolute atomic E-state index is 0.847. The van der Waals surface area contributed by atoms with E-state index in [1.165, 1.54) is 32.3 Å². The zero-order chi connectivity index (χ0) is 43.0. The highest BCUT2D eigenvalue weighted by atomic mass is 15.2. The molecule has 0 saturated heterocycles. The highest BCUT2D eigenvalue weighted by Gasteiger charge is 2.30. The minimum atomic E-state index is 0.847. The van der Waals surface area contributed by atoms with E-state index >= 15 is 0 Å². The predicted octanol–water partition coefficient (Wildman–Crippen LogP) is 16.0. The van der Waals surface area contributed by atoms with Gasteiger partial charge in [-0.3, -0.25) is 8.80 Å². The first kappa shape index (κ1) is 35.5. The van der Waals surface area contributed by atoms with Crippen LogP contribution in [0.5, 0.6) is 0 Å². The van der Waals surface area contributed by atoms with Gasteiger partial charge in [-0.15, -0.1) is 0 Å². The fourth-order valence-electron chi connectivity index (χ4n) is 11.2. The van der Waals surface area contributed by atoms with Crippen molar-refractivity contribution < 1.29 is 0 Å². The molecule has 0 aliphatic carbocycles. The molecule has 5 aromatic heterocycles. The van der Waals surface area contributed by atoms with Gasteiger partial charge in [-0.2, -0.15) is 0 Å². The summed E-state index contributed by atoms with van der Waals surface area (Å²) in [5, 5.41) is 11.6. The quantitative estimate of drug-likeness (QED) is 0.167. The first-order valence-corrected chi connectivity index (χ1v) is 22.5. The largest absolute Gasteiger partial charge is 0.308 e. The maximum Gasteiger partial charge on any atom is 0.165 e. The van der Waals surface area contributed by atoms with Gasteiger partial charge in [0.1, 0.15) is 11.0 Å². The van der Waals surface area contributed by atoms with Gasteiger partial charge in [0, 0.05) is 55.1 Å². The number of para-hydroxylation sites is 6. The second-order valence-electron chi connectivity index (χ2n) is 17.3. The molecule has 10 aromatic carbocycles. The summed E-state index contributed by atoms with van der Waals surface area (Å²) in [5.74, 6) is 0. The van der Waals surface area contributed by atoms with Crippen LogP contribution in [0.15, 0.2) is 218 Å². The molecule has 0 atom stereocenters. The van der Waals surface area contributed by atoms with E-state index in [2.05, 4.69) is 237 Å². The van der Waals surface area contributed by atoms with Gasteiger partial charge in [-0.25, -0.2) is 9.97 Å². The molecule has 15 aromatic rings. The molecule has 6 nitrogen and oxygen atoms in total. The Morgan fingerprint density at radius 2 is 0.621 bits per heavy atom. The van der Waals surface area contributed by atoms with Crippen molar-refractivity contribution in [1.82, 2.24) is 18.8 Å². The molecule has 0 fully saturated rings. The second-order valence-corrected chi connectivity index (χ2v) is 17.3. The van der Waals surface area contributed by atoms with E-state index in [9.17, 15) is 0 Å². The predicted molar refractivity (Wildman–Crippen MR) is 276 cm³/mol. The Labute approximate surface area is 377 Å². The number of nitrogens with zero attached hydrogens (tertiary/aromatic N) is 6. The Kier molecular flexibility index (Phi) is 7.13. The standard InChI is InChI=1S/C60H36N6/c1-5-21-39(22-6-1)63(40-23-7-2-8-24-40)49-33-17-31-45-47-35-37-19-13-15-29-43(37)51-53-59(65(55(45)49)57(47)51)61-54-52-44-30-16-14-20-38(44)36-48-46-32-18-34-50(56(46)66(58(48)52)60(54)62-53)64(41-25-9-3-10-26-41)42-27-11-4-12-28-42/h1-36H. The Hall–Kier alpha value is -9.00. The van der Waals surface area contributed by atoms with Crippen LogP contribution in [0.3, 0.4) is 0 Å². The van der Waals surface area contributed by atoms with Crippen molar-refractivity contribution >= 4 is 132 Å². The summed E-state index contributed by atoms with van der Waals surface area (Å²) in [6, 6.07) is 78.4. The van der Waals surface area contributed by atoms with Crippen molar-refractivity contribution in [3.63, 3.8) is 0 Å². The molecule has 0 amide bonds. The molecular formula is C60H36N6. The molecule has 0 radical (unpaired) electrons. The normalized spacial score (nSPS) is 12.2. The molecule has 306 valence electrons. The van der Waals surface area contributed by atoms with Crippen molar-refractivity contribution in [2.45, 2.75) is 0 Å². The van der Waals surface area contributed by atoms with E-state index in [1.54, 1.807) is 0 Å². The summed E-state index contributed by atoms with van der Waals surface area (Å²) in [6.07, 6.45) is 0. The van der Waals surface area contributed by atoms with Crippen LogP contribution in [0.4, 0.5) is 34.1 Å². The first-order valence-electron chi connectivity index (χ1n) is 22.5. The fraction of sp³-hybridized carbons (Fsp3) is 0. The van der Waals surface area contributed by atoms with Crippen LogP contribution >= 0.6 is 0 Å². The van der Waals surface area contributed by atoms with Crippen LogP contribution in [0.2, 0.25) is 0 Å². The van der Waals surface area contributed by atoms with Crippen LogP contribution in [-0.4, -0.2) is 18.8 Å². The number of hydrogen-bond donors (Lipinski definition) is 0. The Balaban J connectivity index is 1.16. The summed E-state index contributed by atoms with van der Waals surface area (Å²) in [5.41, 5.74) is 14.4. The number of fused-ring (bicyclic) bond motifs is 16. The van der Waals surface area contributed by atoms with E-state index in [0.717, 1.165) is 100 Å². The monoisotopic (exact) mass is 840 g/mol. The van der Waals surface area contributed by atoms with Gasteiger partial charge >= 0.3 is 0 Å². The molecule has 0 N–H and O–H groups in total. The van der Waals surface area contributed by atoms with E-state index < -0.39 is 0 Å². The summed E-state index contributed by atoms with van der Waals surface area (Å²) in [6.45, 7) is 0. The number of aromatic nitrogens is 4. The van der Waals surface area contributed by atoms with Crippen LogP contribution < -0.4 is 9.80 Å². The average Bonchev–Trinajstić information content (AvgIpc) is 4.10. The highest BCUT2D eigenvalue weighted by molar-refractivity contribution is 6.34. The number of benzene rings is 10. The molecule has 6 heteroatoms. The molecule has 5 heterocycles. The van der Waals surface area contributed by atoms with Gasteiger partial charge in [0.05, 0.1) is 33.4 Å². The lowest BCUT2D eigenvalue weighted by Gasteiger charge is -2.26. The third-order valence-electron chi connectivity index (χ3n) is 13.8. The third kappa shape index (κ3) is 4.69. The van der Waals surface area contributed by atoms with Gasteiger partial charge < -0.3 is 9.80 Å². The number of rotatable bonds is 6. The number of anilines is 6. The van der Waals surface area contributed by atoms with E-state index in [1.807, 2.05) is 0 Å². The lowest BCUT2D eigenvalue weighted by atomic mass is 10.0. The van der Waals surface area contributed by atoms with E-state index in [4.69, 9.17) is 9.97 Å². The Bertz CT molecular complexity index is 4020. The van der Waals surface area contributed by atoms with Crippen LogP contribution in [0.25, 0.3) is 98.3 Å². The first-order chi connectivity index (χ1) is 32.8. The Morgan fingerprint density at radius 1 is 0.288 bits per heavy atom. The molecule has 66 heavy (non-hydrogen) atoms. The van der Waals surface area contributed by atoms with Crippen LogP contribution in [0.1, 0.15) is 0 Å². The van der Waals surface area contributed by atoms with Crippen molar-refractivity contribution in [1.29, 1.82) is 0 Å². The summed E-state index contributed by atoms with van der Waals surface area (Å²) in [7, 11) is 0. The van der Waals surface area contributed by atoms with E-state index in [0.29, 0.717) is 0 Å². The van der Waals surface area contributed by atoms with Crippen molar-refractivity contribution in [3.8, 4) is 0 Å². The van der Waals surface area contributed by atoms with Crippen LogP contribution in [0, 0.1) is 0 Å². The average molecular weight is 841 g/mol. The zero-order valence-corrected chi connectivity index (χ0v) is 35.5. The van der Waals surface area contributed by atoms with Crippen LogP contribution in [-0.2, 0) is 0 Å². The lowest BCUT2D eigenvalue weighted by molar-refractivity contribution is 1.22. The molecule has 0 bridgehead atoms. The minimum Gasteiger partial charge on any atom is -0.308 e. The van der Waals surface area contributed by atoms with Gasteiger partial charge in [0.15, 0.2) is 11.3 Å². The molecule has 0 saturated carbocycles. The molecule has 15 rings (SSSR count). The smallest absolute Gasteiger partial charge is 0.165 e. The van der Waals surface area contributed by atoms with Gasteiger partial charge in [0.25, 0.3) is 0 Å². The second kappa shape index (κ2) is 13.3.